The molecule has 3 aromatic rings. The average Bonchev–Trinajstić information content (AvgIpc) is 3.22. The fraction of sp³-hybridized carbons (Fsp3) is 0.273. The number of nitrogens with one attached hydrogen (secondary N) is 1. The normalized spacial score (nSPS) is 15.0. The van der Waals surface area contributed by atoms with E-state index in [4.69, 9.17) is 0 Å². The summed E-state index contributed by atoms with van der Waals surface area (Å²) in [5, 5.41) is 11.7. The van der Waals surface area contributed by atoms with Crippen molar-refractivity contribution >= 4 is 33.0 Å². The Morgan fingerprint density at radius 2 is 1.81 bits per heavy atom. The molecule has 168 valence electrons. The molecule has 1 saturated heterocycles. The van der Waals surface area contributed by atoms with Crippen LogP contribution < -0.4 is 9.62 Å². The molecule has 1 amide bonds. The van der Waals surface area contributed by atoms with E-state index in [1.807, 2.05) is 16.9 Å². The SMILES string of the molecule is CS(=O)(=O)NC(=O)c1ccc(N2CCN(Cc3cc(-c4cncc(O)c4)cs3)CC2)cc1. The van der Waals surface area contributed by atoms with Crippen molar-refractivity contribution in [2.75, 3.05) is 37.3 Å². The number of pyridine rings is 1. The minimum absolute atomic E-state index is 0.162. The first kappa shape index (κ1) is 22.3. The Morgan fingerprint density at radius 3 is 2.47 bits per heavy atom. The molecule has 32 heavy (non-hydrogen) atoms. The molecule has 0 saturated carbocycles. The van der Waals surface area contributed by atoms with Gasteiger partial charge in [0.05, 0.1) is 12.5 Å². The van der Waals surface area contributed by atoms with Gasteiger partial charge in [0.2, 0.25) is 10.0 Å². The molecular weight excluding hydrogens is 448 g/mol. The average molecular weight is 473 g/mol. The van der Waals surface area contributed by atoms with Crippen molar-refractivity contribution in [2.24, 2.45) is 0 Å². The van der Waals surface area contributed by atoms with Gasteiger partial charge in [-0.25, -0.2) is 13.1 Å². The molecule has 0 radical (unpaired) electrons. The van der Waals surface area contributed by atoms with Crippen LogP contribution in [-0.2, 0) is 16.6 Å². The van der Waals surface area contributed by atoms with Crippen LogP contribution in [0.3, 0.4) is 0 Å². The number of carbonyl (C=O) groups excluding carboxylic acids is 1. The van der Waals surface area contributed by atoms with Crippen LogP contribution in [0.2, 0.25) is 0 Å². The lowest BCUT2D eigenvalue weighted by Gasteiger charge is -2.36. The molecular formula is C22H24N4O4S2. The first-order chi connectivity index (χ1) is 15.3. The Kier molecular flexibility index (Phi) is 6.45. The maximum Gasteiger partial charge on any atom is 0.264 e. The van der Waals surface area contributed by atoms with Crippen molar-refractivity contribution in [1.29, 1.82) is 0 Å². The van der Waals surface area contributed by atoms with Crippen molar-refractivity contribution in [3.8, 4) is 16.9 Å². The number of carbonyl (C=O) groups is 1. The molecule has 1 fully saturated rings. The molecule has 2 N–H and O–H groups in total. The monoisotopic (exact) mass is 472 g/mol. The number of piperazine rings is 1. The first-order valence-corrected chi connectivity index (χ1v) is 12.9. The number of hydrogen-bond acceptors (Lipinski definition) is 8. The number of benzene rings is 1. The van der Waals surface area contributed by atoms with Crippen LogP contribution in [0.15, 0.2) is 54.2 Å². The van der Waals surface area contributed by atoms with Gasteiger partial charge in [-0.15, -0.1) is 11.3 Å². The summed E-state index contributed by atoms with van der Waals surface area (Å²) in [6.07, 6.45) is 4.13. The number of hydrogen-bond donors (Lipinski definition) is 2. The maximum absolute atomic E-state index is 11.9. The van der Waals surface area contributed by atoms with E-state index in [0.717, 1.165) is 55.8 Å². The third-order valence-electron chi connectivity index (χ3n) is 5.24. The summed E-state index contributed by atoms with van der Waals surface area (Å²) in [4.78, 5) is 21.9. The number of sulfonamides is 1. The molecule has 1 aliphatic rings. The van der Waals surface area contributed by atoms with Gasteiger partial charge >= 0.3 is 0 Å². The summed E-state index contributed by atoms with van der Waals surface area (Å²) in [5.74, 6) is -0.462. The quantitative estimate of drug-likeness (QED) is 0.568. The zero-order valence-electron chi connectivity index (χ0n) is 17.6. The molecule has 1 aliphatic heterocycles. The molecule has 0 spiro atoms. The largest absolute Gasteiger partial charge is 0.506 e. The molecule has 10 heteroatoms. The lowest BCUT2D eigenvalue weighted by Crippen LogP contribution is -2.45. The molecule has 0 aliphatic carbocycles. The highest BCUT2D eigenvalue weighted by Gasteiger charge is 2.19. The summed E-state index contributed by atoms with van der Waals surface area (Å²) in [6.45, 7) is 4.43. The second-order valence-corrected chi connectivity index (χ2v) is 10.5. The highest BCUT2D eigenvalue weighted by atomic mass is 32.2. The Balaban J connectivity index is 1.31. The zero-order valence-corrected chi connectivity index (χ0v) is 19.2. The van der Waals surface area contributed by atoms with Gasteiger partial charge in [0.1, 0.15) is 5.75 Å². The van der Waals surface area contributed by atoms with Crippen LogP contribution >= 0.6 is 11.3 Å². The van der Waals surface area contributed by atoms with E-state index >= 15 is 0 Å². The van der Waals surface area contributed by atoms with Crippen LogP contribution in [-0.4, -0.2) is 61.8 Å². The Morgan fingerprint density at radius 1 is 1.09 bits per heavy atom. The van der Waals surface area contributed by atoms with Crippen LogP contribution in [0.4, 0.5) is 5.69 Å². The van der Waals surface area contributed by atoms with Crippen LogP contribution in [0.1, 0.15) is 15.2 Å². The second kappa shape index (κ2) is 9.27. The summed E-state index contributed by atoms with van der Waals surface area (Å²) >= 11 is 1.70. The van der Waals surface area contributed by atoms with E-state index in [0.29, 0.717) is 5.56 Å². The second-order valence-electron chi connectivity index (χ2n) is 7.75. The van der Waals surface area contributed by atoms with E-state index in [2.05, 4.69) is 26.2 Å². The maximum atomic E-state index is 11.9. The zero-order chi connectivity index (χ0) is 22.7. The number of thiophene rings is 1. The summed E-state index contributed by atoms with van der Waals surface area (Å²) in [7, 11) is -3.58. The molecule has 1 aromatic carbocycles. The van der Waals surface area contributed by atoms with Gasteiger partial charge in [-0.3, -0.25) is 14.7 Å². The van der Waals surface area contributed by atoms with E-state index < -0.39 is 15.9 Å². The van der Waals surface area contributed by atoms with Gasteiger partial charge in [-0.1, -0.05) is 0 Å². The van der Waals surface area contributed by atoms with Gasteiger partial charge in [-0.05, 0) is 47.3 Å². The predicted molar refractivity (Wildman–Crippen MR) is 125 cm³/mol. The van der Waals surface area contributed by atoms with Crippen LogP contribution in [0.25, 0.3) is 11.1 Å². The fourth-order valence-corrected chi connectivity index (χ4v) is 5.03. The number of amides is 1. The van der Waals surface area contributed by atoms with Crippen LogP contribution in [0.5, 0.6) is 5.75 Å². The van der Waals surface area contributed by atoms with E-state index in [1.165, 1.54) is 11.1 Å². The molecule has 0 atom stereocenters. The van der Waals surface area contributed by atoms with Crippen molar-refractivity contribution in [1.82, 2.24) is 14.6 Å². The molecule has 0 bridgehead atoms. The van der Waals surface area contributed by atoms with Crippen LogP contribution in [0, 0.1) is 0 Å². The lowest BCUT2D eigenvalue weighted by molar-refractivity contribution is 0.0981. The van der Waals surface area contributed by atoms with E-state index in [-0.39, 0.29) is 5.75 Å². The highest BCUT2D eigenvalue weighted by molar-refractivity contribution is 7.89. The molecule has 4 rings (SSSR count). The van der Waals surface area contributed by atoms with Gasteiger partial charge < -0.3 is 10.0 Å². The van der Waals surface area contributed by atoms with E-state index in [1.54, 1.807) is 35.7 Å². The van der Waals surface area contributed by atoms with Gasteiger partial charge in [-0.2, -0.15) is 0 Å². The van der Waals surface area contributed by atoms with Crippen molar-refractivity contribution < 1.29 is 18.3 Å². The van der Waals surface area contributed by atoms with E-state index in [9.17, 15) is 18.3 Å². The molecule has 8 nitrogen and oxygen atoms in total. The number of aromatic nitrogens is 1. The van der Waals surface area contributed by atoms with Crippen molar-refractivity contribution in [3.63, 3.8) is 0 Å². The summed E-state index contributed by atoms with van der Waals surface area (Å²) in [5.41, 5.74) is 3.29. The number of anilines is 1. The fourth-order valence-electron chi connectivity index (χ4n) is 3.64. The summed E-state index contributed by atoms with van der Waals surface area (Å²) < 4.78 is 24.4. The number of aromatic hydroxyl groups is 1. The Hall–Kier alpha value is -2.95. The standard InChI is InChI=1S/C22H24N4O4S2/c1-32(29,30)24-22(28)16-2-4-19(5-3-16)26-8-6-25(7-9-26)14-21-11-18(15-31-21)17-10-20(27)13-23-12-17/h2-5,10-13,15,27H,6-9,14H2,1H3,(H,24,28). The van der Waals surface area contributed by atoms with Crippen molar-refractivity contribution in [3.05, 3.63) is 64.6 Å². The van der Waals surface area contributed by atoms with Crippen molar-refractivity contribution in [2.45, 2.75) is 6.54 Å². The topological polar surface area (TPSA) is 103 Å². The molecule has 3 heterocycles. The third kappa shape index (κ3) is 5.64. The van der Waals surface area contributed by atoms with Gasteiger partial charge in [0.25, 0.3) is 5.91 Å². The number of rotatable bonds is 6. The molecule has 2 aromatic heterocycles. The Labute approximate surface area is 191 Å². The minimum atomic E-state index is -3.58. The summed E-state index contributed by atoms with van der Waals surface area (Å²) in [6, 6.07) is 10.8. The predicted octanol–water partition coefficient (Wildman–Crippen LogP) is 2.53. The van der Waals surface area contributed by atoms with Gasteiger partial charge in [0.15, 0.2) is 0 Å². The lowest BCUT2D eigenvalue weighted by atomic mass is 10.1. The first-order valence-electron chi connectivity index (χ1n) is 10.1. The third-order valence-corrected chi connectivity index (χ3v) is 6.71. The molecule has 0 unspecified atom stereocenters. The Bertz CT molecular complexity index is 1200. The smallest absolute Gasteiger partial charge is 0.264 e. The highest BCUT2D eigenvalue weighted by Crippen LogP contribution is 2.28. The van der Waals surface area contributed by atoms with Gasteiger partial charge in [0, 0.05) is 60.6 Å². The minimum Gasteiger partial charge on any atom is -0.506 e. The number of nitrogens with zero attached hydrogens (tertiary/aromatic N) is 3.